The third-order valence-electron chi connectivity index (χ3n) is 1.62. The predicted molar refractivity (Wildman–Crippen MR) is 52.6 cm³/mol. The molecular formula is C8H5BrO3S. The number of halogens is 1. The average molecular weight is 261 g/mol. The van der Waals surface area contributed by atoms with Gasteiger partial charge in [0.15, 0.2) is 0 Å². The summed E-state index contributed by atoms with van der Waals surface area (Å²) in [4.78, 5) is 0. The van der Waals surface area contributed by atoms with E-state index in [1.54, 1.807) is 6.07 Å². The maximum atomic E-state index is 11.1. The van der Waals surface area contributed by atoms with E-state index >= 15 is 0 Å². The smallest absolute Gasteiger partial charge is 0.237 e. The van der Waals surface area contributed by atoms with Crippen molar-refractivity contribution in [3.8, 4) is 0 Å². The van der Waals surface area contributed by atoms with Gasteiger partial charge in [0, 0.05) is 11.5 Å². The third kappa shape index (κ3) is 1.67. The van der Waals surface area contributed by atoms with Crippen LogP contribution in [0.15, 0.2) is 39.8 Å². The monoisotopic (exact) mass is 260 g/mol. The van der Waals surface area contributed by atoms with Gasteiger partial charge < -0.3 is 4.42 Å². The highest BCUT2D eigenvalue weighted by Gasteiger charge is 2.09. The van der Waals surface area contributed by atoms with Gasteiger partial charge in [0.05, 0.1) is 0 Å². The Labute approximate surface area is 85.8 Å². The van der Waals surface area contributed by atoms with Gasteiger partial charge in [0.2, 0.25) is 16.2 Å². The normalized spacial score (nSPS) is 13.3. The molecule has 1 aromatic carbocycles. The topological polar surface area (TPSA) is 39.4 Å². The lowest BCUT2D eigenvalue weighted by Gasteiger charge is -1.87. The Balaban J connectivity index is 2.56. The molecule has 0 bridgehead atoms. The maximum Gasteiger partial charge on any atom is 0.237 e. The van der Waals surface area contributed by atoms with Crippen LogP contribution < -0.4 is 0 Å². The van der Waals surface area contributed by atoms with Crippen molar-refractivity contribution in [2.24, 2.45) is 0 Å². The molecule has 2 rings (SSSR count). The number of hydrogen-bond acceptors (Lipinski definition) is 3. The first-order valence-electron chi connectivity index (χ1n) is 3.50. The average Bonchev–Trinajstić information content (AvgIpc) is 2.59. The van der Waals surface area contributed by atoms with E-state index < -0.39 is 11.1 Å². The van der Waals surface area contributed by atoms with Crippen molar-refractivity contribution in [3.63, 3.8) is 0 Å². The Hall–Kier alpha value is -0.650. The minimum absolute atomic E-state index is 0.304. The fourth-order valence-corrected chi connectivity index (χ4v) is 1.90. The molecule has 68 valence electrons. The summed E-state index contributed by atoms with van der Waals surface area (Å²) in [6.45, 7) is 0. The molecule has 0 spiro atoms. The lowest BCUT2D eigenvalue weighted by molar-refractivity contribution is 0.485. The van der Waals surface area contributed by atoms with Gasteiger partial charge in [-0.1, -0.05) is 18.2 Å². The van der Waals surface area contributed by atoms with Crippen molar-refractivity contribution >= 4 is 38.3 Å². The zero-order chi connectivity index (χ0) is 9.26. The van der Waals surface area contributed by atoms with E-state index in [1.807, 2.05) is 24.3 Å². The lowest BCUT2D eigenvalue weighted by atomic mass is 10.3. The Morgan fingerprint density at radius 3 is 2.85 bits per heavy atom. The molecule has 0 amide bonds. The molecule has 3 nitrogen and oxygen atoms in total. The van der Waals surface area contributed by atoms with E-state index in [4.69, 9.17) is 4.42 Å². The number of benzene rings is 1. The lowest BCUT2D eigenvalue weighted by Crippen LogP contribution is -1.84. The molecule has 0 aliphatic carbocycles. The van der Waals surface area contributed by atoms with Gasteiger partial charge in [-0.15, -0.1) is 0 Å². The van der Waals surface area contributed by atoms with Crippen LogP contribution in [0.1, 0.15) is 0 Å². The van der Waals surface area contributed by atoms with Crippen LogP contribution in [0.3, 0.4) is 0 Å². The molecule has 2 aromatic rings. The first-order valence-corrected chi connectivity index (χ1v) is 5.23. The van der Waals surface area contributed by atoms with Gasteiger partial charge in [0.1, 0.15) is 21.8 Å². The Morgan fingerprint density at radius 2 is 2.15 bits per heavy atom. The number of para-hydroxylation sites is 1. The summed E-state index contributed by atoms with van der Waals surface area (Å²) in [5.74, 6) is 0. The molecule has 0 fully saturated rings. The summed E-state index contributed by atoms with van der Waals surface area (Å²) in [7, 11) is 0. The minimum Gasteiger partial charge on any atom is -0.445 e. The van der Waals surface area contributed by atoms with Crippen LogP contribution >= 0.6 is 16.3 Å². The summed E-state index contributed by atoms with van der Waals surface area (Å²) < 4.78 is 20.9. The van der Waals surface area contributed by atoms with Crippen molar-refractivity contribution in [1.82, 2.24) is 0 Å². The second-order valence-electron chi connectivity index (χ2n) is 2.40. The van der Waals surface area contributed by atoms with Crippen LogP contribution in [-0.2, 0) is 14.4 Å². The molecule has 0 aliphatic heterocycles. The summed E-state index contributed by atoms with van der Waals surface area (Å²) in [6, 6.07) is 9.12. The van der Waals surface area contributed by atoms with Crippen LogP contribution in [0.4, 0.5) is 0 Å². The summed E-state index contributed by atoms with van der Waals surface area (Å²) in [5, 5.41) is 1.22. The molecule has 1 aromatic heterocycles. The summed E-state index contributed by atoms with van der Waals surface area (Å²) in [6.07, 6.45) is 0. The highest BCUT2D eigenvalue weighted by Crippen LogP contribution is 2.22. The van der Waals surface area contributed by atoms with Crippen molar-refractivity contribution in [1.29, 1.82) is 0 Å². The van der Waals surface area contributed by atoms with Crippen LogP contribution in [0.25, 0.3) is 11.0 Å². The SMILES string of the molecule is O=S(OBr)c1cc2ccccc2o1. The first kappa shape index (κ1) is 8.93. The van der Waals surface area contributed by atoms with Crippen molar-refractivity contribution in [3.05, 3.63) is 30.3 Å². The third-order valence-corrected chi connectivity index (χ3v) is 2.99. The number of furan rings is 1. The molecule has 0 N–H and O–H groups in total. The molecule has 5 heteroatoms. The largest absolute Gasteiger partial charge is 0.445 e. The number of fused-ring (bicyclic) bond motifs is 1. The number of hydrogen-bond donors (Lipinski definition) is 0. The Bertz CT molecular complexity index is 418. The van der Waals surface area contributed by atoms with Crippen LogP contribution in [0, 0.1) is 0 Å². The molecule has 0 aliphatic rings. The molecule has 1 unspecified atom stereocenters. The number of rotatable bonds is 2. The maximum absolute atomic E-state index is 11.1. The van der Waals surface area contributed by atoms with E-state index in [2.05, 4.69) is 19.5 Å². The molecule has 13 heavy (non-hydrogen) atoms. The zero-order valence-electron chi connectivity index (χ0n) is 6.40. The fourth-order valence-electron chi connectivity index (χ4n) is 1.07. The quantitative estimate of drug-likeness (QED) is 0.834. The van der Waals surface area contributed by atoms with Gasteiger partial charge in [-0.25, -0.2) is 7.48 Å². The zero-order valence-corrected chi connectivity index (χ0v) is 8.80. The van der Waals surface area contributed by atoms with Crippen molar-refractivity contribution in [2.45, 2.75) is 5.09 Å². The van der Waals surface area contributed by atoms with E-state index in [1.165, 1.54) is 0 Å². The van der Waals surface area contributed by atoms with Crippen LogP contribution in [0.5, 0.6) is 0 Å². The van der Waals surface area contributed by atoms with Gasteiger partial charge in [-0.3, -0.25) is 0 Å². The molecule has 0 radical (unpaired) electrons. The van der Waals surface area contributed by atoms with Crippen molar-refractivity contribution in [2.75, 3.05) is 0 Å². The first-order chi connectivity index (χ1) is 6.31. The van der Waals surface area contributed by atoms with Gasteiger partial charge >= 0.3 is 0 Å². The van der Waals surface area contributed by atoms with Crippen LogP contribution in [0.2, 0.25) is 0 Å². The van der Waals surface area contributed by atoms with Gasteiger partial charge in [-0.2, -0.15) is 0 Å². The molecular weight excluding hydrogens is 256 g/mol. The Kier molecular flexibility index (Phi) is 2.48. The molecule has 1 heterocycles. The standard InChI is InChI=1S/C8H5BrO3S/c9-12-13(10)8-5-6-3-1-2-4-7(6)11-8/h1-5H. The van der Waals surface area contributed by atoms with Gasteiger partial charge in [0.25, 0.3) is 0 Å². The van der Waals surface area contributed by atoms with E-state index in [0.29, 0.717) is 10.7 Å². The Morgan fingerprint density at radius 1 is 1.38 bits per heavy atom. The van der Waals surface area contributed by atoms with E-state index in [0.717, 1.165) is 5.39 Å². The summed E-state index contributed by atoms with van der Waals surface area (Å²) in [5.41, 5.74) is 0.704. The van der Waals surface area contributed by atoms with Crippen LogP contribution in [-0.4, -0.2) is 4.21 Å². The second kappa shape index (κ2) is 3.61. The van der Waals surface area contributed by atoms with Crippen molar-refractivity contribution < 1.29 is 11.9 Å². The minimum atomic E-state index is -1.57. The molecule has 0 saturated heterocycles. The van der Waals surface area contributed by atoms with E-state index in [-0.39, 0.29) is 0 Å². The summed E-state index contributed by atoms with van der Waals surface area (Å²) >= 11 is 1.08. The second-order valence-corrected chi connectivity index (χ2v) is 4.19. The highest BCUT2D eigenvalue weighted by atomic mass is 79.9. The fraction of sp³-hybridized carbons (Fsp3) is 0. The highest BCUT2D eigenvalue weighted by molar-refractivity contribution is 9.06. The van der Waals surface area contributed by atoms with E-state index in [9.17, 15) is 4.21 Å². The predicted octanol–water partition coefficient (Wildman–Crippen LogP) is 2.78. The molecule has 1 atom stereocenters. The molecule has 0 saturated carbocycles. The van der Waals surface area contributed by atoms with Gasteiger partial charge in [-0.05, 0) is 6.07 Å².